The molecule has 0 aliphatic carbocycles. The molecular weight excluding hydrogens is 620 g/mol. The summed E-state index contributed by atoms with van der Waals surface area (Å²) >= 11 is 0. The molecule has 3 heterocycles. The fourth-order valence-corrected chi connectivity index (χ4v) is 3.80. The number of hydrogen-bond acceptors (Lipinski definition) is 7. The minimum atomic E-state index is -5.08. The van der Waals surface area contributed by atoms with Crippen molar-refractivity contribution in [3.8, 4) is 0 Å². The molecule has 1 atom stereocenters. The van der Waals surface area contributed by atoms with Gasteiger partial charge in [0.15, 0.2) is 11.5 Å². The summed E-state index contributed by atoms with van der Waals surface area (Å²) in [5.41, 5.74) is 2.36. The molecule has 1 saturated heterocycles. The SMILES string of the molecule is CC(C)(C)c1ccc(C(=O)Nc2cn3nc(N4CCCC(C(=O)O)C4)ccc3n2)cc1.FC(F)F.O=C(O)C(F)(F)F.O=CO. The average molecular weight is 652 g/mol. The van der Waals surface area contributed by atoms with Crippen LogP contribution in [0.2, 0.25) is 0 Å². The van der Waals surface area contributed by atoms with Crippen LogP contribution in [0.3, 0.4) is 0 Å². The van der Waals surface area contributed by atoms with Crippen molar-refractivity contribution in [3.63, 3.8) is 0 Å². The number of nitrogens with zero attached hydrogens (tertiary/aromatic N) is 4. The summed E-state index contributed by atoms with van der Waals surface area (Å²) in [5.74, 6) is -3.03. The molecule has 1 fully saturated rings. The zero-order valence-corrected chi connectivity index (χ0v) is 24.1. The van der Waals surface area contributed by atoms with Gasteiger partial charge in [-0.25, -0.2) is 14.3 Å². The number of aromatic nitrogens is 3. The van der Waals surface area contributed by atoms with E-state index in [0.717, 1.165) is 18.5 Å². The summed E-state index contributed by atoms with van der Waals surface area (Å²) in [4.78, 5) is 47.6. The number of benzene rings is 1. The Bertz CT molecular complexity index is 1420. The minimum Gasteiger partial charge on any atom is -0.483 e. The Morgan fingerprint density at radius 2 is 1.56 bits per heavy atom. The van der Waals surface area contributed by atoms with Crippen molar-refractivity contribution in [2.45, 2.75) is 51.9 Å². The summed E-state index contributed by atoms with van der Waals surface area (Å²) in [5, 5.41) is 30.7. The maximum absolute atomic E-state index is 12.6. The number of aliphatic carboxylic acids is 2. The lowest BCUT2D eigenvalue weighted by Crippen LogP contribution is -2.39. The highest BCUT2D eigenvalue weighted by atomic mass is 19.4. The third kappa shape index (κ3) is 13.1. The zero-order chi connectivity index (χ0) is 34.5. The Morgan fingerprint density at radius 1 is 1.02 bits per heavy atom. The molecule has 12 nitrogen and oxygen atoms in total. The number of carbonyl (C=O) groups is 4. The fourth-order valence-electron chi connectivity index (χ4n) is 3.80. The van der Waals surface area contributed by atoms with Crippen LogP contribution in [0.5, 0.6) is 0 Å². The second-order valence-corrected chi connectivity index (χ2v) is 10.2. The first-order valence-corrected chi connectivity index (χ1v) is 12.9. The van der Waals surface area contributed by atoms with E-state index in [2.05, 4.69) is 36.2 Å². The Hall–Kier alpha value is -4.90. The average Bonchev–Trinajstić information content (AvgIpc) is 3.34. The van der Waals surface area contributed by atoms with Crippen LogP contribution in [0.1, 0.15) is 49.5 Å². The number of carboxylic acid groups (broad SMARTS) is 3. The quantitative estimate of drug-likeness (QED) is 0.220. The van der Waals surface area contributed by atoms with E-state index in [1.165, 1.54) is 0 Å². The van der Waals surface area contributed by atoms with E-state index >= 15 is 0 Å². The molecule has 2 aromatic heterocycles. The van der Waals surface area contributed by atoms with E-state index in [1.807, 2.05) is 41.3 Å². The normalized spacial score (nSPS) is 14.5. The number of hydrogen-bond donors (Lipinski definition) is 4. The number of fused-ring (bicyclic) bond motifs is 1. The topological polar surface area (TPSA) is 174 Å². The molecule has 3 aromatic rings. The number of rotatable bonds is 4. The monoisotopic (exact) mass is 651 g/mol. The van der Waals surface area contributed by atoms with Crippen molar-refractivity contribution >= 4 is 41.6 Å². The van der Waals surface area contributed by atoms with Crippen LogP contribution in [-0.4, -0.2) is 80.2 Å². The summed E-state index contributed by atoms with van der Waals surface area (Å²) < 4.78 is 62.3. The summed E-state index contributed by atoms with van der Waals surface area (Å²) in [6, 6.07) is 11.2. The zero-order valence-electron chi connectivity index (χ0n) is 24.1. The van der Waals surface area contributed by atoms with Gasteiger partial charge in [0.05, 0.1) is 12.1 Å². The Balaban J connectivity index is 0.000000609. The number of piperidine rings is 1. The fraction of sp³-hybridized carbons (Fsp3) is 0.407. The summed E-state index contributed by atoms with van der Waals surface area (Å²) in [6.45, 7) is 3.69. The lowest BCUT2D eigenvalue weighted by atomic mass is 9.87. The third-order valence-electron chi connectivity index (χ3n) is 5.90. The van der Waals surface area contributed by atoms with Gasteiger partial charge in [0.1, 0.15) is 5.82 Å². The van der Waals surface area contributed by atoms with Gasteiger partial charge in [-0.3, -0.25) is 14.4 Å². The van der Waals surface area contributed by atoms with Gasteiger partial charge < -0.3 is 25.5 Å². The van der Waals surface area contributed by atoms with E-state index in [4.69, 9.17) is 19.8 Å². The highest BCUT2D eigenvalue weighted by Crippen LogP contribution is 2.24. The molecule has 45 heavy (non-hydrogen) atoms. The Morgan fingerprint density at radius 3 is 2.02 bits per heavy atom. The Kier molecular flexibility index (Phi) is 14.2. The van der Waals surface area contributed by atoms with Crippen LogP contribution in [-0.2, 0) is 19.8 Å². The molecular formula is C27H31F6N5O7. The van der Waals surface area contributed by atoms with Gasteiger partial charge in [0.25, 0.3) is 12.4 Å². The lowest BCUT2D eigenvalue weighted by molar-refractivity contribution is -0.192. The predicted octanol–water partition coefficient (Wildman–Crippen LogP) is 5.09. The van der Waals surface area contributed by atoms with Crippen molar-refractivity contribution in [2.75, 3.05) is 23.3 Å². The summed E-state index contributed by atoms with van der Waals surface area (Å²) in [7, 11) is 0. The first-order chi connectivity index (χ1) is 20.8. The van der Waals surface area contributed by atoms with Crippen LogP contribution in [0.25, 0.3) is 5.65 Å². The molecule has 18 heteroatoms. The second-order valence-electron chi connectivity index (χ2n) is 10.2. The molecule has 1 aliphatic rings. The van der Waals surface area contributed by atoms with Crippen LogP contribution in [0.4, 0.5) is 38.0 Å². The third-order valence-corrected chi connectivity index (χ3v) is 5.90. The van der Waals surface area contributed by atoms with Crippen LogP contribution in [0.15, 0.2) is 42.6 Å². The van der Waals surface area contributed by atoms with Gasteiger partial charge in [-0.2, -0.15) is 26.3 Å². The number of carbonyl (C=O) groups excluding carboxylic acids is 1. The van der Waals surface area contributed by atoms with Gasteiger partial charge in [0, 0.05) is 18.7 Å². The first-order valence-electron chi connectivity index (χ1n) is 12.9. The molecule has 4 N–H and O–H groups in total. The number of alkyl halides is 6. The van der Waals surface area contributed by atoms with Crippen molar-refractivity contribution in [2.24, 2.45) is 5.92 Å². The minimum absolute atomic E-state index is 0.0266. The highest BCUT2D eigenvalue weighted by molar-refractivity contribution is 6.03. The van der Waals surface area contributed by atoms with Crippen LogP contribution < -0.4 is 10.2 Å². The van der Waals surface area contributed by atoms with Gasteiger partial charge in [-0.15, -0.1) is 5.10 Å². The molecule has 0 bridgehead atoms. The number of imidazole rings is 1. The molecule has 248 valence electrons. The molecule has 0 spiro atoms. The van der Waals surface area contributed by atoms with E-state index in [0.29, 0.717) is 35.8 Å². The van der Waals surface area contributed by atoms with E-state index in [1.54, 1.807) is 10.7 Å². The molecule has 1 unspecified atom stereocenters. The largest absolute Gasteiger partial charge is 0.490 e. The summed E-state index contributed by atoms with van der Waals surface area (Å²) in [6.07, 6.45) is -1.92. The number of carboxylic acids is 2. The highest BCUT2D eigenvalue weighted by Gasteiger charge is 2.38. The van der Waals surface area contributed by atoms with Gasteiger partial charge in [-0.1, -0.05) is 32.9 Å². The molecule has 0 radical (unpaired) electrons. The van der Waals surface area contributed by atoms with Gasteiger partial charge >= 0.3 is 24.8 Å². The Labute approximate surface area is 252 Å². The molecule has 0 saturated carbocycles. The van der Waals surface area contributed by atoms with Crippen molar-refractivity contribution in [1.29, 1.82) is 0 Å². The van der Waals surface area contributed by atoms with Gasteiger partial charge in [-0.05, 0) is 48.1 Å². The van der Waals surface area contributed by atoms with Crippen molar-refractivity contribution in [1.82, 2.24) is 14.6 Å². The number of anilines is 2. The maximum Gasteiger partial charge on any atom is 0.490 e. The van der Waals surface area contributed by atoms with Crippen molar-refractivity contribution in [3.05, 3.63) is 53.7 Å². The standard InChI is InChI=1S/C23H27N5O3.C2HF3O2.CHF3.CH2O2/c1-23(2,3)17-8-6-15(7-9-17)21(29)25-18-14-28-19(24-18)10-11-20(26-28)27-12-4-5-16(13-27)22(30)31;3-2(4,5)1(6)7;2-1(3)4;2-1-3/h6-11,14,16H,4-5,12-13H2,1-3H3,(H,25,29)(H,30,31);(H,6,7);1H;1H,(H,2,3). The van der Waals surface area contributed by atoms with E-state index < -0.39 is 24.8 Å². The van der Waals surface area contributed by atoms with E-state index in [-0.39, 0.29) is 23.7 Å². The number of nitrogens with one attached hydrogen (secondary N) is 1. The predicted molar refractivity (Wildman–Crippen MR) is 148 cm³/mol. The van der Waals surface area contributed by atoms with Crippen molar-refractivity contribution < 1.29 is 60.8 Å². The van der Waals surface area contributed by atoms with Crippen LogP contribution in [0, 0.1) is 5.92 Å². The molecule has 4 rings (SSSR count). The lowest BCUT2D eigenvalue weighted by Gasteiger charge is -2.31. The molecule has 1 aliphatic heterocycles. The number of amides is 1. The first kappa shape index (κ1) is 38.1. The molecule has 1 aromatic carbocycles. The van der Waals surface area contributed by atoms with Crippen LogP contribution >= 0.6 is 0 Å². The smallest absolute Gasteiger partial charge is 0.483 e. The molecule has 1 amide bonds. The van der Waals surface area contributed by atoms with Gasteiger partial charge in [0.2, 0.25) is 0 Å². The second kappa shape index (κ2) is 16.8. The number of halogens is 6. The van der Waals surface area contributed by atoms with E-state index in [9.17, 15) is 41.0 Å². The maximum atomic E-state index is 12.6.